The van der Waals surface area contributed by atoms with Gasteiger partial charge in [-0.15, -0.1) is 11.6 Å². The fourth-order valence-corrected chi connectivity index (χ4v) is 4.00. The van der Waals surface area contributed by atoms with Crippen molar-refractivity contribution in [2.75, 3.05) is 0 Å². The molecule has 3 aromatic heterocycles. The van der Waals surface area contributed by atoms with E-state index in [0.717, 1.165) is 33.8 Å². The van der Waals surface area contributed by atoms with Crippen molar-refractivity contribution in [2.45, 2.75) is 0 Å². The number of rotatable bonds is 2. The van der Waals surface area contributed by atoms with Crippen LogP contribution in [-0.4, -0.2) is 24.9 Å². The molecule has 8 bridgehead atoms. The Morgan fingerprint density at radius 2 is 1.38 bits per heavy atom. The van der Waals surface area contributed by atoms with Crippen LogP contribution in [-0.2, 0) is 17.1 Å². The van der Waals surface area contributed by atoms with Crippen molar-refractivity contribution in [1.82, 2.24) is 19.9 Å². The van der Waals surface area contributed by atoms with Crippen LogP contribution in [0.4, 0.5) is 5.69 Å². The Bertz CT molecular complexity index is 1660. The van der Waals surface area contributed by atoms with Gasteiger partial charge in [-0.2, -0.15) is 0 Å². The van der Waals surface area contributed by atoms with Gasteiger partial charge in [0.25, 0.3) is 0 Å². The number of para-hydroxylation sites is 1. The first kappa shape index (κ1) is 21.6. The molecule has 0 atom stereocenters. The van der Waals surface area contributed by atoms with E-state index in [2.05, 4.69) is 26.0 Å². The quantitative estimate of drug-likeness (QED) is 0.135. The normalized spacial score (nSPS) is 11.9. The smallest absolute Gasteiger partial charge is 0.237 e. The number of fused-ring (bicyclic) bond motifs is 8. The molecule has 0 saturated heterocycles. The predicted octanol–water partition coefficient (Wildman–Crippen LogP) is 6.03. The molecule has 6 rings (SSSR count). The predicted molar refractivity (Wildman–Crippen MR) is 130 cm³/mol. The average Bonchev–Trinajstić information content (AvgIpc) is 3.59. The molecule has 165 valence electrons. The number of aromatic nitrogens is 4. The zero-order valence-electron chi connectivity index (χ0n) is 17.6. The summed E-state index contributed by atoms with van der Waals surface area (Å²) < 4.78 is 0. The maximum absolute atomic E-state index is 11.7. The number of H-pyrrole nitrogens is 2. The molecule has 2 aliphatic rings. The van der Waals surface area contributed by atoms with Crippen LogP contribution in [0.25, 0.3) is 57.5 Å². The van der Waals surface area contributed by atoms with Gasteiger partial charge in [-0.25, -0.2) is 9.97 Å². The van der Waals surface area contributed by atoms with Crippen molar-refractivity contribution in [3.63, 3.8) is 0 Å². The number of hydrogen-bond acceptors (Lipinski definition) is 4. The molecular formula is C26H16MnN5O2-. The van der Waals surface area contributed by atoms with Crippen LogP contribution in [0.2, 0.25) is 0 Å². The largest absolute Gasteiger partial charge is 0.410 e. The zero-order valence-corrected chi connectivity index (χ0v) is 18.8. The first-order valence-electron chi connectivity index (χ1n) is 10.4. The number of aromatic amines is 2. The molecule has 0 amide bonds. The van der Waals surface area contributed by atoms with Gasteiger partial charge in [-0.3, -0.25) is 10.1 Å². The van der Waals surface area contributed by atoms with Gasteiger partial charge in [0.2, 0.25) is 5.69 Å². The number of benzene rings is 1. The molecular weight excluding hydrogens is 469 g/mol. The SMILES string of the molecule is O=[N+]([O-])c1ccccc1-c1[c-]c2cc3ccc(cc4nc(cc5nc(cc1[nH]2)C=C5)C=C4)[nH]3.[Mn]. The fraction of sp³-hybridized carbons (Fsp3) is 0. The Hall–Kier alpha value is -4.26. The van der Waals surface area contributed by atoms with Crippen molar-refractivity contribution >= 4 is 52.1 Å². The van der Waals surface area contributed by atoms with Crippen LogP contribution in [0, 0.1) is 16.2 Å². The Kier molecular flexibility index (Phi) is 5.45. The molecule has 5 heterocycles. The summed E-state index contributed by atoms with van der Waals surface area (Å²) in [4.78, 5) is 27.3. The molecule has 2 N–H and O–H groups in total. The van der Waals surface area contributed by atoms with Crippen molar-refractivity contribution < 1.29 is 22.0 Å². The minimum absolute atomic E-state index is 0. The average molecular weight is 485 g/mol. The molecule has 1 radical (unpaired) electrons. The molecule has 4 aromatic rings. The van der Waals surface area contributed by atoms with Gasteiger partial charge in [0, 0.05) is 28.7 Å². The van der Waals surface area contributed by atoms with E-state index in [9.17, 15) is 10.1 Å². The van der Waals surface area contributed by atoms with E-state index in [1.165, 1.54) is 6.07 Å². The van der Waals surface area contributed by atoms with Gasteiger partial charge in [0.05, 0.1) is 27.7 Å². The Morgan fingerprint density at radius 3 is 2.09 bits per heavy atom. The van der Waals surface area contributed by atoms with Crippen LogP contribution in [0.1, 0.15) is 22.8 Å². The van der Waals surface area contributed by atoms with E-state index in [-0.39, 0.29) is 27.7 Å². The first-order chi connectivity index (χ1) is 16.1. The van der Waals surface area contributed by atoms with Crippen molar-refractivity contribution in [3.8, 4) is 11.1 Å². The van der Waals surface area contributed by atoms with Crippen LogP contribution in [0.15, 0.2) is 60.7 Å². The maximum Gasteiger partial charge on any atom is 0.237 e. The van der Waals surface area contributed by atoms with Gasteiger partial charge in [-0.1, -0.05) is 35.8 Å². The minimum atomic E-state index is -0.374. The molecule has 7 nitrogen and oxygen atoms in total. The molecule has 2 aliphatic heterocycles. The number of nitro groups is 1. The summed E-state index contributed by atoms with van der Waals surface area (Å²) in [7, 11) is 0. The standard InChI is InChI=1S/C26H16N5O2.Mn/c32-31(33)26-4-2-1-3-23(26)24-14-22-13-20-8-7-18(28-20)11-16-5-6-17(27-16)12-19-9-10-21(29-19)15-25(24)30-22;/h1-13,15,28,30H;/q-1;. The van der Waals surface area contributed by atoms with Crippen LogP contribution in [0.5, 0.6) is 0 Å². The Labute approximate surface area is 204 Å². The number of nitrogens with zero attached hydrogens (tertiary/aromatic N) is 3. The summed E-state index contributed by atoms with van der Waals surface area (Å²) in [6.45, 7) is 0. The summed E-state index contributed by atoms with van der Waals surface area (Å²) >= 11 is 0. The summed E-state index contributed by atoms with van der Waals surface area (Å²) in [5, 5.41) is 11.7. The second-order valence-electron chi connectivity index (χ2n) is 7.76. The van der Waals surface area contributed by atoms with E-state index in [4.69, 9.17) is 0 Å². The maximum atomic E-state index is 11.7. The number of hydrogen-bond donors (Lipinski definition) is 2. The summed E-state index contributed by atoms with van der Waals surface area (Å²) in [6.07, 6.45) is 7.75. The topological polar surface area (TPSA) is 100 Å². The third-order valence-electron chi connectivity index (χ3n) is 5.46. The molecule has 8 heteroatoms. The number of nitro benzene ring substituents is 1. The van der Waals surface area contributed by atoms with Crippen LogP contribution in [0.3, 0.4) is 0 Å². The first-order valence-corrected chi connectivity index (χ1v) is 10.4. The van der Waals surface area contributed by atoms with Gasteiger partial charge in [0.15, 0.2) is 0 Å². The molecule has 0 aliphatic carbocycles. The summed E-state index contributed by atoms with van der Waals surface area (Å²) in [5.74, 6) is 0. The van der Waals surface area contributed by atoms with Gasteiger partial charge >= 0.3 is 0 Å². The Morgan fingerprint density at radius 1 is 0.765 bits per heavy atom. The monoisotopic (exact) mass is 485 g/mol. The second kappa shape index (κ2) is 8.59. The van der Waals surface area contributed by atoms with Gasteiger partial charge in [0.1, 0.15) is 0 Å². The fourth-order valence-electron chi connectivity index (χ4n) is 4.00. The van der Waals surface area contributed by atoms with E-state index in [0.29, 0.717) is 22.2 Å². The van der Waals surface area contributed by atoms with E-state index < -0.39 is 0 Å². The van der Waals surface area contributed by atoms with E-state index >= 15 is 0 Å². The van der Waals surface area contributed by atoms with E-state index in [1.807, 2.05) is 60.7 Å². The molecule has 0 saturated carbocycles. The molecule has 34 heavy (non-hydrogen) atoms. The minimum Gasteiger partial charge on any atom is -0.410 e. The third-order valence-corrected chi connectivity index (χ3v) is 5.46. The Balaban J connectivity index is 0.00000241. The summed E-state index contributed by atoms with van der Waals surface area (Å²) in [5.41, 5.74) is 7.52. The third kappa shape index (κ3) is 4.08. The van der Waals surface area contributed by atoms with Crippen molar-refractivity contribution in [1.29, 1.82) is 0 Å². The van der Waals surface area contributed by atoms with Crippen molar-refractivity contribution in [3.05, 3.63) is 99.6 Å². The number of nitrogens with one attached hydrogen (secondary N) is 2. The molecule has 0 unspecified atom stereocenters. The van der Waals surface area contributed by atoms with Gasteiger partial charge in [-0.05, 0) is 65.2 Å². The molecule has 0 fully saturated rings. The van der Waals surface area contributed by atoms with Crippen molar-refractivity contribution in [2.24, 2.45) is 0 Å². The zero-order chi connectivity index (χ0) is 22.4. The second-order valence-corrected chi connectivity index (χ2v) is 7.76. The van der Waals surface area contributed by atoms with E-state index in [1.54, 1.807) is 18.2 Å². The molecule has 1 aromatic carbocycles. The summed E-state index contributed by atoms with van der Waals surface area (Å²) in [6, 6.07) is 21.6. The van der Waals surface area contributed by atoms with Crippen LogP contribution < -0.4 is 0 Å². The molecule has 0 spiro atoms. The van der Waals surface area contributed by atoms with Crippen LogP contribution >= 0.6 is 0 Å². The van der Waals surface area contributed by atoms with Gasteiger partial charge < -0.3 is 9.97 Å².